The first-order valence-corrected chi connectivity index (χ1v) is 8.92. The molecular formula is C18H26ClN3O5. The Morgan fingerprint density at radius 2 is 1.81 bits per heavy atom. The van der Waals surface area contributed by atoms with Crippen molar-refractivity contribution in [3.8, 4) is 5.75 Å². The Morgan fingerprint density at radius 1 is 1.19 bits per heavy atom. The van der Waals surface area contributed by atoms with Crippen molar-refractivity contribution in [2.45, 2.75) is 45.8 Å². The Hall–Kier alpha value is -2.32. The van der Waals surface area contributed by atoms with Gasteiger partial charge in [0.1, 0.15) is 24.4 Å². The standard InChI is InChI=1S/C18H26ClN3O5/c1-9(2)15(17(24)21-11(4)18(25)26)22-16(23)13-6-5-12(19)7-14(13)27-8-10(3)20/h5-7,9-11,15H,8,20H2,1-4H3,(H,21,24)(H,22,23)(H,25,26)/t10-,11+,15+/m1/s1. The van der Waals surface area contributed by atoms with E-state index in [4.69, 9.17) is 27.2 Å². The van der Waals surface area contributed by atoms with Gasteiger partial charge in [-0.3, -0.25) is 14.4 Å². The summed E-state index contributed by atoms with van der Waals surface area (Å²) < 4.78 is 5.55. The maximum absolute atomic E-state index is 12.7. The van der Waals surface area contributed by atoms with Crippen LogP contribution in [0.25, 0.3) is 0 Å². The minimum absolute atomic E-state index is 0.185. The third kappa shape index (κ3) is 7.07. The van der Waals surface area contributed by atoms with Crippen molar-refractivity contribution >= 4 is 29.4 Å². The number of carboxylic acid groups (broad SMARTS) is 1. The highest BCUT2D eigenvalue weighted by atomic mass is 35.5. The summed E-state index contributed by atoms with van der Waals surface area (Å²) in [5.74, 6) is -2.31. The van der Waals surface area contributed by atoms with Crippen molar-refractivity contribution in [1.82, 2.24) is 10.6 Å². The zero-order valence-electron chi connectivity index (χ0n) is 15.8. The van der Waals surface area contributed by atoms with Gasteiger partial charge in [-0.25, -0.2) is 0 Å². The molecular weight excluding hydrogens is 374 g/mol. The second-order valence-corrected chi connectivity index (χ2v) is 7.13. The number of benzene rings is 1. The fraction of sp³-hybridized carbons (Fsp3) is 0.500. The number of nitrogens with one attached hydrogen (secondary N) is 2. The Balaban J connectivity index is 2.99. The van der Waals surface area contributed by atoms with Crippen LogP contribution in [0.1, 0.15) is 38.1 Å². The molecule has 0 radical (unpaired) electrons. The van der Waals surface area contributed by atoms with E-state index in [1.807, 2.05) is 0 Å². The zero-order valence-corrected chi connectivity index (χ0v) is 16.5. The van der Waals surface area contributed by atoms with Crippen molar-refractivity contribution in [3.63, 3.8) is 0 Å². The van der Waals surface area contributed by atoms with E-state index in [0.29, 0.717) is 5.02 Å². The molecule has 2 amide bonds. The van der Waals surface area contributed by atoms with E-state index in [-0.39, 0.29) is 29.9 Å². The number of hydrogen-bond acceptors (Lipinski definition) is 5. The summed E-state index contributed by atoms with van der Waals surface area (Å²) in [5.41, 5.74) is 5.87. The SMILES string of the molecule is CC(C)[C@H](NC(=O)c1ccc(Cl)cc1OC[C@@H](C)N)C(=O)N[C@@H](C)C(=O)O. The first-order chi connectivity index (χ1) is 12.5. The summed E-state index contributed by atoms with van der Waals surface area (Å²) in [4.78, 5) is 36.0. The van der Waals surface area contributed by atoms with E-state index in [9.17, 15) is 14.4 Å². The first-order valence-electron chi connectivity index (χ1n) is 8.54. The topological polar surface area (TPSA) is 131 Å². The molecule has 0 aliphatic heterocycles. The number of nitrogens with two attached hydrogens (primary N) is 1. The van der Waals surface area contributed by atoms with Crippen molar-refractivity contribution in [2.24, 2.45) is 11.7 Å². The van der Waals surface area contributed by atoms with E-state index < -0.39 is 29.9 Å². The summed E-state index contributed by atoms with van der Waals surface area (Å²) in [7, 11) is 0. The van der Waals surface area contributed by atoms with Gasteiger partial charge in [-0.2, -0.15) is 0 Å². The quantitative estimate of drug-likeness (QED) is 0.496. The van der Waals surface area contributed by atoms with Crippen molar-refractivity contribution in [2.75, 3.05) is 6.61 Å². The molecule has 0 unspecified atom stereocenters. The Kier molecular flexibility index (Phi) is 8.52. The molecule has 1 rings (SSSR count). The van der Waals surface area contributed by atoms with Gasteiger partial charge in [-0.1, -0.05) is 25.4 Å². The lowest BCUT2D eigenvalue weighted by Gasteiger charge is -2.23. The van der Waals surface area contributed by atoms with Gasteiger partial charge in [-0.05, 0) is 38.0 Å². The van der Waals surface area contributed by atoms with Gasteiger partial charge < -0.3 is 26.2 Å². The molecule has 0 saturated heterocycles. The average molecular weight is 400 g/mol. The number of halogens is 1. The van der Waals surface area contributed by atoms with E-state index in [1.54, 1.807) is 20.8 Å². The van der Waals surface area contributed by atoms with Crippen LogP contribution < -0.4 is 21.1 Å². The average Bonchev–Trinajstić information content (AvgIpc) is 2.56. The highest BCUT2D eigenvalue weighted by Crippen LogP contribution is 2.24. The van der Waals surface area contributed by atoms with Crippen LogP contribution >= 0.6 is 11.6 Å². The molecule has 0 aliphatic carbocycles. The molecule has 0 spiro atoms. The minimum Gasteiger partial charge on any atom is -0.491 e. The van der Waals surface area contributed by atoms with Crippen molar-refractivity contribution < 1.29 is 24.2 Å². The molecule has 9 heteroatoms. The van der Waals surface area contributed by atoms with Gasteiger partial charge in [0.15, 0.2) is 0 Å². The van der Waals surface area contributed by atoms with Crippen LogP contribution in [-0.2, 0) is 9.59 Å². The molecule has 5 N–H and O–H groups in total. The minimum atomic E-state index is -1.17. The molecule has 0 aliphatic rings. The molecule has 27 heavy (non-hydrogen) atoms. The van der Waals surface area contributed by atoms with Crippen LogP contribution in [0.4, 0.5) is 0 Å². The van der Waals surface area contributed by atoms with Gasteiger partial charge in [0.25, 0.3) is 5.91 Å². The Morgan fingerprint density at radius 3 is 2.33 bits per heavy atom. The molecule has 0 fully saturated rings. The number of hydrogen-bond donors (Lipinski definition) is 4. The number of ether oxygens (including phenoxy) is 1. The highest BCUT2D eigenvalue weighted by Gasteiger charge is 2.28. The van der Waals surface area contributed by atoms with E-state index in [2.05, 4.69) is 10.6 Å². The number of amides is 2. The van der Waals surface area contributed by atoms with Crippen LogP contribution in [0, 0.1) is 5.92 Å². The number of rotatable bonds is 9. The Bertz CT molecular complexity index is 694. The summed E-state index contributed by atoms with van der Waals surface area (Å²) >= 11 is 5.97. The smallest absolute Gasteiger partial charge is 0.325 e. The molecule has 1 aromatic carbocycles. The molecule has 0 saturated carbocycles. The third-order valence-electron chi connectivity index (χ3n) is 3.65. The molecule has 150 valence electrons. The predicted octanol–water partition coefficient (Wildman–Crippen LogP) is 1.41. The lowest BCUT2D eigenvalue weighted by Crippen LogP contribution is -2.53. The van der Waals surface area contributed by atoms with Crippen LogP contribution in [0.2, 0.25) is 5.02 Å². The molecule has 8 nitrogen and oxygen atoms in total. The van der Waals surface area contributed by atoms with Gasteiger partial charge >= 0.3 is 5.97 Å². The van der Waals surface area contributed by atoms with Crippen LogP contribution in [0.5, 0.6) is 5.75 Å². The predicted molar refractivity (Wildman–Crippen MR) is 102 cm³/mol. The maximum atomic E-state index is 12.7. The zero-order chi connectivity index (χ0) is 20.7. The third-order valence-corrected chi connectivity index (χ3v) is 3.89. The van der Waals surface area contributed by atoms with Gasteiger partial charge in [0, 0.05) is 11.1 Å². The number of carbonyl (C=O) groups is 3. The molecule has 0 bridgehead atoms. The molecule has 0 aromatic heterocycles. The van der Waals surface area contributed by atoms with Crippen LogP contribution in [0.15, 0.2) is 18.2 Å². The summed E-state index contributed by atoms with van der Waals surface area (Å²) in [5, 5.41) is 14.3. The molecule has 1 aromatic rings. The van der Waals surface area contributed by atoms with Crippen molar-refractivity contribution in [1.29, 1.82) is 0 Å². The van der Waals surface area contributed by atoms with E-state index in [0.717, 1.165) is 0 Å². The van der Waals surface area contributed by atoms with E-state index >= 15 is 0 Å². The van der Waals surface area contributed by atoms with E-state index in [1.165, 1.54) is 25.1 Å². The van der Waals surface area contributed by atoms with Gasteiger partial charge in [0.2, 0.25) is 5.91 Å². The largest absolute Gasteiger partial charge is 0.491 e. The van der Waals surface area contributed by atoms with Gasteiger partial charge in [0.05, 0.1) is 5.56 Å². The molecule has 3 atom stereocenters. The summed E-state index contributed by atoms with van der Waals surface area (Å²) in [6, 6.07) is 2.28. The number of carbonyl (C=O) groups excluding carboxylic acids is 2. The van der Waals surface area contributed by atoms with Crippen LogP contribution in [-0.4, -0.2) is 47.6 Å². The summed E-state index contributed by atoms with van der Waals surface area (Å²) in [6.07, 6.45) is 0. The normalized spacial score (nSPS) is 14.2. The second kappa shape index (κ2) is 10.1. The lowest BCUT2D eigenvalue weighted by atomic mass is 10.0. The van der Waals surface area contributed by atoms with Crippen LogP contribution in [0.3, 0.4) is 0 Å². The number of carboxylic acids is 1. The monoisotopic (exact) mass is 399 g/mol. The lowest BCUT2D eigenvalue weighted by molar-refractivity contribution is -0.141. The maximum Gasteiger partial charge on any atom is 0.325 e. The highest BCUT2D eigenvalue weighted by molar-refractivity contribution is 6.30. The van der Waals surface area contributed by atoms with Crippen molar-refractivity contribution in [3.05, 3.63) is 28.8 Å². The fourth-order valence-electron chi connectivity index (χ4n) is 2.14. The number of aliphatic carboxylic acids is 1. The fourth-order valence-corrected chi connectivity index (χ4v) is 2.31. The second-order valence-electron chi connectivity index (χ2n) is 6.69. The van der Waals surface area contributed by atoms with Gasteiger partial charge in [-0.15, -0.1) is 0 Å². The first kappa shape index (κ1) is 22.7. The molecule has 0 heterocycles. The summed E-state index contributed by atoms with van der Waals surface area (Å²) in [6.45, 7) is 6.77. The Labute approximate surface area is 163 Å².